The third-order valence-corrected chi connectivity index (χ3v) is 4.79. The normalized spacial score (nSPS) is 10.4. The van der Waals surface area contributed by atoms with Crippen molar-refractivity contribution >= 4 is 28.8 Å². The Bertz CT molecular complexity index is 954. The van der Waals surface area contributed by atoms with Crippen LogP contribution in [-0.4, -0.2) is 23.3 Å². The van der Waals surface area contributed by atoms with Gasteiger partial charge in [-0.15, -0.1) is 11.3 Å². The molecule has 5 nitrogen and oxygen atoms in total. The van der Waals surface area contributed by atoms with Crippen LogP contribution in [0, 0.1) is 12.7 Å². The first-order valence-electron chi connectivity index (χ1n) is 8.38. The lowest BCUT2D eigenvalue weighted by molar-refractivity contribution is -0.136. The Labute approximate surface area is 160 Å². The molecule has 7 heteroatoms. The standard InChI is InChI=1S/C20H18FN3O2S/c1-13-6-8-14(9-7-13)20-23-15(12-27-20)10-11-22-18(25)19(26)24-17-5-3-2-4-16(17)21/h2-9,12H,10-11H2,1H3,(H,22,25)(H,24,26). The monoisotopic (exact) mass is 383 g/mol. The molecule has 0 saturated heterocycles. The Morgan fingerprint density at radius 3 is 2.56 bits per heavy atom. The molecule has 0 saturated carbocycles. The molecule has 2 N–H and O–H groups in total. The number of nitrogens with zero attached hydrogens (tertiary/aromatic N) is 1. The highest BCUT2D eigenvalue weighted by molar-refractivity contribution is 7.13. The number of halogens is 1. The Hall–Kier alpha value is -3.06. The lowest BCUT2D eigenvalue weighted by Crippen LogP contribution is -2.36. The van der Waals surface area contributed by atoms with Crippen LogP contribution >= 0.6 is 11.3 Å². The summed E-state index contributed by atoms with van der Waals surface area (Å²) in [6.45, 7) is 2.29. The number of para-hydroxylation sites is 1. The van der Waals surface area contributed by atoms with Crippen molar-refractivity contribution in [1.82, 2.24) is 10.3 Å². The number of anilines is 1. The summed E-state index contributed by atoms with van der Waals surface area (Å²) in [5.74, 6) is -2.31. The molecule has 1 heterocycles. The Kier molecular flexibility index (Phi) is 5.93. The van der Waals surface area contributed by atoms with Gasteiger partial charge in [-0.2, -0.15) is 0 Å². The molecule has 0 unspecified atom stereocenters. The number of aryl methyl sites for hydroxylation is 1. The van der Waals surface area contributed by atoms with Crippen LogP contribution in [0.4, 0.5) is 10.1 Å². The maximum Gasteiger partial charge on any atom is 0.313 e. The van der Waals surface area contributed by atoms with Crippen molar-refractivity contribution < 1.29 is 14.0 Å². The molecule has 3 aromatic rings. The van der Waals surface area contributed by atoms with Crippen LogP contribution in [-0.2, 0) is 16.0 Å². The first kappa shape index (κ1) is 18.7. The average Bonchev–Trinajstić information content (AvgIpc) is 3.13. The van der Waals surface area contributed by atoms with Crippen molar-refractivity contribution in [2.75, 3.05) is 11.9 Å². The molecule has 0 fully saturated rings. The number of hydrogen-bond acceptors (Lipinski definition) is 4. The van der Waals surface area contributed by atoms with E-state index in [1.54, 1.807) is 6.07 Å². The molecule has 1 aromatic heterocycles. The number of hydrogen-bond donors (Lipinski definition) is 2. The highest BCUT2D eigenvalue weighted by atomic mass is 32.1. The minimum Gasteiger partial charge on any atom is -0.347 e. The fourth-order valence-corrected chi connectivity index (χ4v) is 3.24. The fourth-order valence-electron chi connectivity index (χ4n) is 2.38. The van der Waals surface area contributed by atoms with Gasteiger partial charge in [0.25, 0.3) is 0 Å². The zero-order valence-electron chi connectivity index (χ0n) is 14.7. The number of benzene rings is 2. The van der Waals surface area contributed by atoms with E-state index in [0.717, 1.165) is 16.3 Å². The van der Waals surface area contributed by atoms with Gasteiger partial charge < -0.3 is 10.6 Å². The van der Waals surface area contributed by atoms with E-state index in [2.05, 4.69) is 15.6 Å². The van der Waals surface area contributed by atoms with E-state index < -0.39 is 17.6 Å². The Morgan fingerprint density at radius 2 is 1.81 bits per heavy atom. The summed E-state index contributed by atoms with van der Waals surface area (Å²) >= 11 is 1.53. The summed E-state index contributed by atoms with van der Waals surface area (Å²) < 4.78 is 13.5. The lowest BCUT2D eigenvalue weighted by atomic mass is 10.2. The van der Waals surface area contributed by atoms with Crippen LogP contribution in [0.3, 0.4) is 0 Å². The molecule has 0 aliphatic heterocycles. The third kappa shape index (κ3) is 4.98. The number of amides is 2. The lowest BCUT2D eigenvalue weighted by Gasteiger charge is -2.06. The van der Waals surface area contributed by atoms with Gasteiger partial charge in [-0.25, -0.2) is 9.37 Å². The fraction of sp³-hybridized carbons (Fsp3) is 0.150. The van der Waals surface area contributed by atoms with Gasteiger partial charge in [0, 0.05) is 23.9 Å². The Morgan fingerprint density at radius 1 is 1.07 bits per heavy atom. The molecule has 0 radical (unpaired) electrons. The number of carbonyl (C=O) groups excluding carboxylic acids is 2. The summed E-state index contributed by atoms with van der Waals surface area (Å²) in [5, 5.41) is 7.61. The van der Waals surface area contributed by atoms with Gasteiger partial charge in [0.15, 0.2) is 0 Å². The number of nitrogens with one attached hydrogen (secondary N) is 2. The highest BCUT2D eigenvalue weighted by Gasteiger charge is 2.15. The molecule has 0 spiro atoms. The van der Waals surface area contributed by atoms with Gasteiger partial charge in [0.05, 0.1) is 11.4 Å². The van der Waals surface area contributed by atoms with Crippen molar-refractivity contribution in [3.8, 4) is 10.6 Å². The summed E-state index contributed by atoms with van der Waals surface area (Å²) in [5.41, 5.74) is 3.04. The predicted octanol–water partition coefficient (Wildman–Crippen LogP) is 3.56. The first-order chi connectivity index (χ1) is 13.0. The van der Waals surface area contributed by atoms with Crippen molar-refractivity contribution in [3.05, 3.63) is 71.0 Å². The SMILES string of the molecule is Cc1ccc(-c2nc(CCNC(=O)C(=O)Nc3ccccc3F)cs2)cc1. The van der Waals surface area contributed by atoms with Gasteiger partial charge >= 0.3 is 11.8 Å². The predicted molar refractivity (Wildman–Crippen MR) is 104 cm³/mol. The van der Waals surface area contributed by atoms with E-state index in [-0.39, 0.29) is 12.2 Å². The average molecular weight is 383 g/mol. The molecule has 27 heavy (non-hydrogen) atoms. The van der Waals surface area contributed by atoms with Crippen LogP contribution in [0.5, 0.6) is 0 Å². The van der Waals surface area contributed by atoms with E-state index in [0.29, 0.717) is 6.42 Å². The second kappa shape index (κ2) is 8.55. The van der Waals surface area contributed by atoms with Gasteiger partial charge in [-0.1, -0.05) is 42.0 Å². The number of aromatic nitrogens is 1. The van der Waals surface area contributed by atoms with Gasteiger partial charge in [0.2, 0.25) is 0 Å². The molecule has 2 aromatic carbocycles. The second-order valence-electron chi connectivity index (χ2n) is 5.95. The molecule has 0 aliphatic rings. The van der Waals surface area contributed by atoms with E-state index in [1.165, 1.54) is 35.1 Å². The maximum absolute atomic E-state index is 13.5. The number of carbonyl (C=O) groups is 2. The second-order valence-corrected chi connectivity index (χ2v) is 6.81. The van der Waals surface area contributed by atoms with Gasteiger partial charge in [-0.05, 0) is 19.1 Å². The van der Waals surface area contributed by atoms with E-state index >= 15 is 0 Å². The maximum atomic E-state index is 13.5. The minimum atomic E-state index is -0.904. The summed E-state index contributed by atoms with van der Waals surface area (Å²) in [6.07, 6.45) is 0.501. The van der Waals surface area contributed by atoms with Crippen molar-refractivity contribution in [2.45, 2.75) is 13.3 Å². The molecule has 0 atom stereocenters. The van der Waals surface area contributed by atoms with Crippen LogP contribution < -0.4 is 10.6 Å². The zero-order chi connectivity index (χ0) is 19.2. The largest absolute Gasteiger partial charge is 0.347 e. The topological polar surface area (TPSA) is 71.1 Å². The number of rotatable bonds is 5. The van der Waals surface area contributed by atoms with Crippen molar-refractivity contribution in [1.29, 1.82) is 0 Å². The van der Waals surface area contributed by atoms with Crippen LogP contribution in [0.2, 0.25) is 0 Å². The summed E-state index contributed by atoms with van der Waals surface area (Å²) in [4.78, 5) is 28.2. The van der Waals surface area contributed by atoms with E-state index in [4.69, 9.17) is 0 Å². The van der Waals surface area contributed by atoms with Gasteiger partial charge in [0.1, 0.15) is 10.8 Å². The first-order valence-corrected chi connectivity index (χ1v) is 9.26. The molecular weight excluding hydrogens is 365 g/mol. The molecular formula is C20H18FN3O2S. The highest BCUT2D eigenvalue weighted by Crippen LogP contribution is 2.24. The van der Waals surface area contributed by atoms with Crippen LogP contribution in [0.1, 0.15) is 11.3 Å². The molecule has 3 rings (SSSR count). The molecule has 0 bridgehead atoms. The van der Waals surface area contributed by atoms with Crippen LogP contribution in [0.15, 0.2) is 53.9 Å². The molecule has 2 amide bonds. The Balaban J connectivity index is 1.49. The zero-order valence-corrected chi connectivity index (χ0v) is 15.5. The summed E-state index contributed by atoms with van der Waals surface area (Å²) in [7, 11) is 0. The molecule has 0 aliphatic carbocycles. The minimum absolute atomic E-state index is 0.0279. The van der Waals surface area contributed by atoms with E-state index in [9.17, 15) is 14.0 Å². The van der Waals surface area contributed by atoms with E-state index in [1.807, 2.05) is 36.6 Å². The number of thiazole rings is 1. The van der Waals surface area contributed by atoms with Gasteiger partial charge in [-0.3, -0.25) is 9.59 Å². The quantitative estimate of drug-likeness (QED) is 0.662. The summed E-state index contributed by atoms with van der Waals surface area (Å²) in [6, 6.07) is 13.8. The van der Waals surface area contributed by atoms with Crippen LogP contribution in [0.25, 0.3) is 10.6 Å². The molecule has 138 valence electrons. The van der Waals surface area contributed by atoms with Crippen molar-refractivity contribution in [3.63, 3.8) is 0 Å². The third-order valence-electron chi connectivity index (χ3n) is 3.85. The smallest absolute Gasteiger partial charge is 0.313 e. The van der Waals surface area contributed by atoms with Crippen molar-refractivity contribution in [2.24, 2.45) is 0 Å².